The lowest BCUT2D eigenvalue weighted by Gasteiger charge is -2.42. The molecule has 1 saturated heterocycles. The molecule has 0 bridgehead atoms. The van der Waals surface area contributed by atoms with E-state index in [4.69, 9.17) is 4.74 Å². The molecule has 1 atom stereocenters. The summed E-state index contributed by atoms with van der Waals surface area (Å²) >= 11 is 0. The fraction of sp³-hybridized carbons (Fsp3) is 0.409. The van der Waals surface area contributed by atoms with Crippen molar-refractivity contribution in [2.45, 2.75) is 25.9 Å². The maximum Gasteiger partial charge on any atom is 0.254 e. The fourth-order valence-electron chi connectivity index (χ4n) is 3.61. The molecule has 0 aliphatic carbocycles. The van der Waals surface area contributed by atoms with Crippen LogP contribution in [0.4, 0.5) is 0 Å². The van der Waals surface area contributed by atoms with Crippen LogP contribution in [0.5, 0.6) is 0 Å². The number of pyridine rings is 1. The van der Waals surface area contributed by atoms with Gasteiger partial charge in [-0.3, -0.25) is 14.6 Å². The Morgan fingerprint density at radius 1 is 1.25 bits per heavy atom. The monoisotopic (exact) mass is 381 g/mol. The molecule has 0 saturated carbocycles. The zero-order valence-electron chi connectivity index (χ0n) is 16.6. The van der Waals surface area contributed by atoms with Crippen LogP contribution < -0.4 is 5.32 Å². The minimum absolute atomic E-state index is 0.0423. The van der Waals surface area contributed by atoms with Crippen molar-refractivity contribution in [3.63, 3.8) is 0 Å². The Morgan fingerprint density at radius 3 is 2.71 bits per heavy atom. The van der Waals surface area contributed by atoms with Gasteiger partial charge in [0.25, 0.3) is 5.91 Å². The number of rotatable bonds is 5. The highest BCUT2D eigenvalue weighted by molar-refractivity contribution is 5.87. The van der Waals surface area contributed by atoms with Crippen molar-refractivity contribution in [1.29, 1.82) is 0 Å². The Balaban J connectivity index is 1.89. The van der Waals surface area contributed by atoms with Crippen LogP contribution in [0.3, 0.4) is 0 Å². The number of carbonyl (C=O) groups is 2. The van der Waals surface area contributed by atoms with E-state index in [9.17, 15) is 9.59 Å². The van der Waals surface area contributed by atoms with Gasteiger partial charge in [0.2, 0.25) is 5.91 Å². The van der Waals surface area contributed by atoms with Gasteiger partial charge in [0.15, 0.2) is 5.60 Å². The van der Waals surface area contributed by atoms with E-state index in [0.717, 1.165) is 16.7 Å². The molecule has 1 N–H and O–H groups in total. The van der Waals surface area contributed by atoms with Crippen LogP contribution in [-0.4, -0.2) is 54.0 Å². The standard InChI is InChI=1S/C22H27N3O3/c1-16(2)20(26)25-10-11-28-22(15-25,21(27)23-3)13-17-6-4-7-18(12-17)19-8-5-9-24-14-19/h4-9,12,14,16H,10-11,13,15H2,1-3H3,(H,23,27)/t22-/m0/s1. The van der Waals surface area contributed by atoms with Gasteiger partial charge in [0.05, 0.1) is 13.2 Å². The predicted molar refractivity (Wildman–Crippen MR) is 108 cm³/mol. The molecule has 3 rings (SSSR count). The fourth-order valence-corrected chi connectivity index (χ4v) is 3.61. The van der Waals surface area contributed by atoms with Gasteiger partial charge >= 0.3 is 0 Å². The Labute approximate surface area is 165 Å². The molecule has 2 heterocycles. The summed E-state index contributed by atoms with van der Waals surface area (Å²) in [5, 5.41) is 2.72. The van der Waals surface area contributed by atoms with Crippen molar-refractivity contribution in [2.75, 3.05) is 26.7 Å². The number of hydrogen-bond donors (Lipinski definition) is 1. The first kappa shape index (κ1) is 20.0. The van der Waals surface area contributed by atoms with Crippen LogP contribution in [0, 0.1) is 5.92 Å². The average Bonchev–Trinajstić information content (AvgIpc) is 2.73. The van der Waals surface area contributed by atoms with Gasteiger partial charge in [-0.15, -0.1) is 0 Å². The van der Waals surface area contributed by atoms with Gasteiger partial charge in [-0.1, -0.05) is 44.2 Å². The predicted octanol–water partition coefficient (Wildman–Crippen LogP) is 2.29. The van der Waals surface area contributed by atoms with Crippen molar-refractivity contribution in [1.82, 2.24) is 15.2 Å². The van der Waals surface area contributed by atoms with Crippen LogP contribution in [0.1, 0.15) is 19.4 Å². The summed E-state index contributed by atoms with van der Waals surface area (Å²) in [4.78, 5) is 31.2. The molecule has 148 valence electrons. The molecule has 0 spiro atoms. The topological polar surface area (TPSA) is 71.5 Å². The van der Waals surface area contributed by atoms with E-state index in [-0.39, 0.29) is 24.3 Å². The summed E-state index contributed by atoms with van der Waals surface area (Å²) in [6, 6.07) is 11.9. The minimum atomic E-state index is -1.09. The number of amides is 2. The highest BCUT2D eigenvalue weighted by Crippen LogP contribution is 2.27. The maximum atomic E-state index is 12.8. The van der Waals surface area contributed by atoms with E-state index in [1.807, 2.05) is 56.4 Å². The third-order valence-corrected chi connectivity index (χ3v) is 5.04. The largest absolute Gasteiger partial charge is 0.361 e. The summed E-state index contributed by atoms with van der Waals surface area (Å²) in [6.45, 7) is 4.84. The molecule has 1 aliphatic heterocycles. The van der Waals surface area contributed by atoms with Gasteiger partial charge < -0.3 is 15.0 Å². The van der Waals surface area contributed by atoms with Gasteiger partial charge in [-0.2, -0.15) is 0 Å². The Hall–Kier alpha value is -2.73. The number of nitrogens with zero attached hydrogens (tertiary/aromatic N) is 2. The molecule has 1 aromatic heterocycles. The number of carbonyl (C=O) groups excluding carboxylic acids is 2. The molecular weight excluding hydrogens is 354 g/mol. The number of aromatic nitrogens is 1. The van der Waals surface area contributed by atoms with E-state index < -0.39 is 5.60 Å². The van der Waals surface area contributed by atoms with Crippen LogP contribution >= 0.6 is 0 Å². The maximum absolute atomic E-state index is 12.8. The SMILES string of the molecule is CNC(=O)[C@]1(Cc2cccc(-c3cccnc3)c2)CN(C(=O)C(C)C)CCO1. The lowest BCUT2D eigenvalue weighted by Crippen LogP contribution is -2.62. The average molecular weight is 381 g/mol. The lowest BCUT2D eigenvalue weighted by molar-refractivity contribution is -0.167. The second-order valence-corrected chi connectivity index (χ2v) is 7.46. The zero-order chi connectivity index (χ0) is 20.1. The number of morpholine rings is 1. The molecule has 28 heavy (non-hydrogen) atoms. The molecule has 0 unspecified atom stereocenters. The highest BCUT2D eigenvalue weighted by Gasteiger charge is 2.44. The molecule has 1 aliphatic rings. The van der Waals surface area contributed by atoms with Crippen molar-refractivity contribution >= 4 is 11.8 Å². The first-order valence-electron chi connectivity index (χ1n) is 9.59. The summed E-state index contributed by atoms with van der Waals surface area (Å²) < 4.78 is 6.01. The minimum Gasteiger partial charge on any atom is -0.361 e. The third kappa shape index (κ3) is 4.22. The van der Waals surface area contributed by atoms with Crippen molar-refractivity contribution in [3.8, 4) is 11.1 Å². The normalized spacial score (nSPS) is 19.5. The van der Waals surface area contributed by atoms with Gasteiger partial charge in [-0.05, 0) is 22.8 Å². The lowest BCUT2D eigenvalue weighted by atomic mass is 9.89. The van der Waals surface area contributed by atoms with E-state index in [1.54, 1.807) is 18.1 Å². The smallest absolute Gasteiger partial charge is 0.254 e. The molecule has 1 fully saturated rings. The summed E-state index contributed by atoms with van der Waals surface area (Å²) in [7, 11) is 1.60. The number of benzene rings is 1. The number of likely N-dealkylation sites (N-methyl/N-ethyl adjacent to an activating group) is 1. The number of nitrogens with one attached hydrogen (secondary N) is 1. The first-order valence-corrected chi connectivity index (χ1v) is 9.59. The Kier molecular flexibility index (Phi) is 6.09. The van der Waals surface area contributed by atoms with Crippen LogP contribution in [0.2, 0.25) is 0 Å². The summed E-state index contributed by atoms with van der Waals surface area (Å²) in [5.74, 6) is -0.282. The molecule has 6 nitrogen and oxygen atoms in total. The Bertz CT molecular complexity index is 838. The van der Waals surface area contributed by atoms with E-state index in [2.05, 4.69) is 10.3 Å². The number of hydrogen-bond acceptors (Lipinski definition) is 4. The van der Waals surface area contributed by atoms with Crippen LogP contribution in [-0.2, 0) is 20.7 Å². The van der Waals surface area contributed by atoms with Gasteiger partial charge in [0.1, 0.15) is 0 Å². The van der Waals surface area contributed by atoms with Gasteiger partial charge in [-0.25, -0.2) is 0 Å². The molecule has 1 aromatic carbocycles. The van der Waals surface area contributed by atoms with Gasteiger partial charge in [0, 0.05) is 38.3 Å². The van der Waals surface area contributed by atoms with E-state index >= 15 is 0 Å². The molecule has 6 heteroatoms. The third-order valence-electron chi connectivity index (χ3n) is 5.04. The summed E-state index contributed by atoms with van der Waals surface area (Å²) in [6.07, 6.45) is 3.94. The molecule has 2 amide bonds. The Morgan fingerprint density at radius 2 is 2.04 bits per heavy atom. The van der Waals surface area contributed by atoms with Crippen molar-refractivity contribution in [2.24, 2.45) is 5.92 Å². The van der Waals surface area contributed by atoms with E-state index in [0.29, 0.717) is 19.6 Å². The van der Waals surface area contributed by atoms with Crippen molar-refractivity contribution < 1.29 is 14.3 Å². The second kappa shape index (κ2) is 8.52. The quantitative estimate of drug-likeness (QED) is 0.863. The zero-order valence-corrected chi connectivity index (χ0v) is 16.6. The van der Waals surface area contributed by atoms with E-state index in [1.165, 1.54) is 0 Å². The first-order chi connectivity index (χ1) is 13.4. The van der Waals surface area contributed by atoms with Crippen molar-refractivity contribution in [3.05, 3.63) is 54.4 Å². The molecule has 0 radical (unpaired) electrons. The highest BCUT2D eigenvalue weighted by atomic mass is 16.5. The second-order valence-electron chi connectivity index (χ2n) is 7.46. The molecular formula is C22H27N3O3. The number of ether oxygens (including phenoxy) is 1. The summed E-state index contributed by atoms with van der Waals surface area (Å²) in [5.41, 5.74) is 1.93. The molecule has 2 aromatic rings. The van der Waals surface area contributed by atoms with Crippen LogP contribution in [0.25, 0.3) is 11.1 Å². The van der Waals surface area contributed by atoms with Crippen LogP contribution in [0.15, 0.2) is 48.8 Å².